The molecule has 2 heterocycles. The molecule has 0 radical (unpaired) electrons. The van der Waals surface area contributed by atoms with E-state index < -0.39 is 0 Å². The lowest BCUT2D eigenvalue weighted by atomic mass is 9.88. The average Bonchev–Trinajstić information content (AvgIpc) is 3.64. The second-order valence-corrected chi connectivity index (χ2v) is 10.3. The van der Waals surface area contributed by atoms with Gasteiger partial charge in [-0.2, -0.15) is 0 Å². The molecule has 2 aromatic heterocycles. The van der Waals surface area contributed by atoms with E-state index in [9.17, 15) is 0 Å². The van der Waals surface area contributed by atoms with Gasteiger partial charge in [0.2, 0.25) is 0 Å². The molecule has 204 valence electrons. The number of fused-ring (bicyclic) bond motifs is 2. The Morgan fingerprint density at radius 3 is 1.80 bits per heavy atom. The van der Waals surface area contributed by atoms with E-state index in [1.54, 1.807) is 0 Å². The first-order chi connectivity index (χ1) is 19.8. The summed E-state index contributed by atoms with van der Waals surface area (Å²) >= 11 is 0. The van der Waals surface area contributed by atoms with Gasteiger partial charge in [0.05, 0.1) is 0 Å². The van der Waals surface area contributed by atoms with Crippen LogP contribution in [0, 0.1) is 0 Å². The smallest absolute Gasteiger partial charge is 0.0457 e. The molecule has 0 fully saturated rings. The van der Waals surface area contributed by atoms with Crippen molar-refractivity contribution in [2.45, 2.75) is 24.7 Å². The third-order valence-electron chi connectivity index (χ3n) is 7.69. The van der Waals surface area contributed by atoms with Crippen LogP contribution in [-0.2, 0) is 0 Å². The molecule has 6 rings (SSSR count). The van der Waals surface area contributed by atoms with E-state index in [0.717, 1.165) is 25.9 Å². The van der Waals surface area contributed by atoms with Crippen LogP contribution in [0.2, 0.25) is 0 Å². The van der Waals surface area contributed by atoms with E-state index in [1.165, 1.54) is 44.2 Å². The molecule has 0 aliphatic rings. The molecule has 0 amide bonds. The Balaban J connectivity index is 0.000000161. The van der Waals surface area contributed by atoms with E-state index in [0.29, 0.717) is 11.8 Å². The molecular weight excluding hydrogens is 488 g/mol. The zero-order chi connectivity index (χ0) is 27.6. The third kappa shape index (κ3) is 6.53. The molecule has 4 aromatic carbocycles. The van der Waals surface area contributed by atoms with Gasteiger partial charge in [0, 0.05) is 40.1 Å². The Morgan fingerprint density at radius 2 is 1.15 bits per heavy atom. The highest BCUT2D eigenvalue weighted by atomic mass is 14.8. The maximum Gasteiger partial charge on any atom is 0.0457 e. The molecule has 4 N–H and O–H groups in total. The molecule has 2 atom stereocenters. The van der Waals surface area contributed by atoms with Gasteiger partial charge in [-0.05, 0) is 80.3 Å². The first kappa shape index (κ1) is 27.4. The maximum atomic E-state index is 3.58. The van der Waals surface area contributed by atoms with Crippen molar-refractivity contribution in [3.05, 3.63) is 144 Å². The number of nitrogens with one attached hydrogen (secondary N) is 4. The van der Waals surface area contributed by atoms with Crippen LogP contribution in [0.3, 0.4) is 0 Å². The Morgan fingerprint density at radius 1 is 0.600 bits per heavy atom. The molecule has 0 bridgehead atoms. The summed E-state index contributed by atoms with van der Waals surface area (Å²) in [5.41, 5.74) is 7.87. The van der Waals surface area contributed by atoms with Crippen LogP contribution < -0.4 is 10.6 Å². The van der Waals surface area contributed by atoms with Crippen molar-refractivity contribution in [2.24, 2.45) is 0 Å². The lowest BCUT2D eigenvalue weighted by Gasteiger charge is -2.17. The summed E-state index contributed by atoms with van der Waals surface area (Å²) in [5, 5.41) is 9.14. The molecule has 6 aromatic rings. The molecule has 4 nitrogen and oxygen atoms in total. The van der Waals surface area contributed by atoms with Gasteiger partial charge in [0.15, 0.2) is 0 Å². The highest BCUT2D eigenvalue weighted by Crippen LogP contribution is 2.33. The van der Waals surface area contributed by atoms with E-state index >= 15 is 0 Å². The first-order valence-electron chi connectivity index (χ1n) is 14.3. The summed E-state index contributed by atoms with van der Waals surface area (Å²) in [6.45, 7) is 2.02. The molecule has 0 aliphatic heterocycles. The summed E-state index contributed by atoms with van der Waals surface area (Å²) in [5.74, 6) is 0.843. The summed E-state index contributed by atoms with van der Waals surface area (Å²) in [6.07, 6.45) is 4.35. The number of para-hydroxylation sites is 2. The summed E-state index contributed by atoms with van der Waals surface area (Å²) in [6, 6.07) is 40.8. The van der Waals surface area contributed by atoms with Gasteiger partial charge in [-0.1, -0.05) is 97.1 Å². The van der Waals surface area contributed by atoms with Crippen LogP contribution >= 0.6 is 0 Å². The van der Waals surface area contributed by atoms with Gasteiger partial charge in [0.25, 0.3) is 0 Å². The van der Waals surface area contributed by atoms with Gasteiger partial charge < -0.3 is 20.6 Å². The van der Waals surface area contributed by atoms with E-state index in [-0.39, 0.29) is 0 Å². The van der Waals surface area contributed by atoms with E-state index in [2.05, 4.69) is 142 Å². The fraction of sp³-hybridized carbons (Fsp3) is 0.222. The summed E-state index contributed by atoms with van der Waals surface area (Å²) in [4.78, 5) is 6.97. The minimum atomic E-state index is 0.413. The SMILES string of the molecule is CNCCC(c1ccccc1)c1c[nH]c2ccccc12.CNCCC(c1ccccc1)c1cc2ccccc2[nH]1. The predicted octanol–water partition coefficient (Wildman–Crippen LogP) is 7.82. The Labute approximate surface area is 237 Å². The largest absolute Gasteiger partial charge is 0.361 e. The normalized spacial score (nSPS) is 12.7. The van der Waals surface area contributed by atoms with Crippen molar-refractivity contribution in [3.63, 3.8) is 0 Å². The minimum absolute atomic E-state index is 0.413. The van der Waals surface area contributed by atoms with Crippen LogP contribution in [0.1, 0.15) is 47.1 Å². The topological polar surface area (TPSA) is 55.6 Å². The highest BCUT2D eigenvalue weighted by molar-refractivity contribution is 5.84. The number of rotatable bonds is 10. The summed E-state index contributed by atoms with van der Waals surface area (Å²) < 4.78 is 0. The molecule has 0 saturated carbocycles. The van der Waals surface area contributed by atoms with Gasteiger partial charge in [-0.25, -0.2) is 0 Å². The Kier molecular flexibility index (Phi) is 9.46. The monoisotopic (exact) mass is 528 g/mol. The van der Waals surface area contributed by atoms with E-state index in [1.807, 2.05) is 14.1 Å². The van der Waals surface area contributed by atoms with E-state index in [4.69, 9.17) is 0 Å². The van der Waals surface area contributed by atoms with Crippen molar-refractivity contribution in [2.75, 3.05) is 27.2 Å². The molecule has 0 spiro atoms. The van der Waals surface area contributed by atoms with Crippen LogP contribution in [0.25, 0.3) is 21.8 Å². The van der Waals surface area contributed by atoms with Gasteiger partial charge in [-0.3, -0.25) is 0 Å². The Hall–Kier alpha value is -4.12. The minimum Gasteiger partial charge on any atom is -0.361 e. The predicted molar refractivity (Wildman–Crippen MR) is 170 cm³/mol. The second kappa shape index (κ2) is 13.8. The third-order valence-corrected chi connectivity index (χ3v) is 7.69. The van der Waals surface area contributed by atoms with Crippen LogP contribution in [-0.4, -0.2) is 37.2 Å². The van der Waals surface area contributed by atoms with Crippen LogP contribution in [0.5, 0.6) is 0 Å². The van der Waals surface area contributed by atoms with Crippen LogP contribution in [0.15, 0.2) is 121 Å². The quantitative estimate of drug-likeness (QED) is 0.147. The Bertz CT molecular complexity index is 1540. The number of aromatic nitrogens is 2. The van der Waals surface area contributed by atoms with Crippen molar-refractivity contribution >= 4 is 21.8 Å². The molecule has 2 unspecified atom stereocenters. The van der Waals surface area contributed by atoms with Gasteiger partial charge in [-0.15, -0.1) is 0 Å². The van der Waals surface area contributed by atoms with Crippen LogP contribution in [0.4, 0.5) is 0 Å². The lowest BCUT2D eigenvalue weighted by Crippen LogP contribution is -2.13. The summed E-state index contributed by atoms with van der Waals surface area (Å²) in [7, 11) is 4.02. The molecule has 40 heavy (non-hydrogen) atoms. The molecule has 4 heteroatoms. The zero-order valence-corrected chi connectivity index (χ0v) is 23.5. The maximum absolute atomic E-state index is 3.58. The van der Waals surface area contributed by atoms with Crippen molar-refractivity contribution < 1.29 is 0 Å². The molecule has 0 aliphatic carbocycles. The molecular formula is C36H40N4. The lowest BCUT2D eigenvalue weighted by molar-refractivity contribution is 0.653. The number of benzene rings is 4. The van der Waals surface area contributed by atoms with Crippen molar-refractivity contribution in [1.82, 2.24) is 20.6 Å². The second-order valence-electron chi connectivity index (χ2n) is 10.3. The standard InChI is InChI=1S/2C18H20N2/c1-19-12-11-15(14-7-3-2-4-8-14)17-13-20-18-10-6-5-9-16(17)18;1-19-12-11-16(14-7-3-2-4-8-14)18-13-15-9-5-6-10-17(15)20-18/h2-10,13,15,19-20H,11-12H2,1H3;2-10,13,16,19-20H,11-12H2,1H3. The number of H-pyrrole nitrogens is 2. The fourth-order valence-corrected chi connectivity index (χ4v) is 5.62. The van der Waals surface area contributed by atoms with Crippen molar-refractivity contribution in [3.8, 4) is 0 Å². The van der Waals surface area contributed by atoms with Crippen molar-refractivity contribution in [1.29, 1.82) is 0 Å². The average molecular weight is 529 g/mol. The molecule has 0 saturated heterocycles. The number of aromatic amines is 2. The zero-order valence-electron chi connectivity index (χ0n) is 23.5. The number of hydrogen-bond donors (Lipinski definition) is 4. The fourth-order valence-electron chi connectivity index (χ4n) is 5.62. The van der Waals surface area contributed by atoms with Gasteiger partial charge >= 0.3 is 0 Å². The number of hydrogen-bond acceptors (Lipinski definition) is 2. The first-order valence-corrected chi connectivity index (χ1v) is 14.3. The highest BCUT2D eigenvalue weighted by Gasteiger charge is 2.17. The van der Waals surface area contributed by atoms with Gasteiger partial charge in [0.1, 0.15) is 0 Å².